The standard InChI is InChI=1S/C14H20N4O3.ClH/c1-8-5-10(13(15)12(6-8)18(20)21)14(19)17-11-3-4-16-7-9(11)2;/h5-6,9,11,16H,3-4,7,15H2,1-2H3,(H,17,19);1H. The normalized spacial score (nSPS) is 20.8. The molecule has 0 aromatic heterocycles. The number of carbonyl (C=O) groups excluding carboxylic acids is 1. The molecule has 122 valence electrons. The van der Waals surface area contributed by atoms with Crippen LogP contribution in [0.5, 0.6) is 0 Å². The Balaban J connectivity index is 0.00000242. The number of nitro groups is 1. The van der Waals surface area contributed by atoms with E-state index in [9.17, 15) is 14.9 Å². The van der Waals surface area contributed by atoms with Crippen molar-refractivity contribution in [2.24, 2.45) is 5.92 Å². The highest BCUT2D eigenvalue weighted by Gasteiger charge is 2.26. The fourth-order valence-corrected chi connectivity index (χ4v) is 2.59. The molecule has 8 heteroatoms. The minimum atomic E-state index is -0.563. The Labute approximate surface area is 135 Å². The summed E-state index contributed by atoms with van der Waals surface area (Å²) in [5.41, 5.74) is 6.29. The van der Waals surface area contributed by atoms with Crippen LogP contribution in [-0.2, 0) is 0 Å². The summed E-state index contributed by atoms with van der Waals surface area (Å²) in [6.07, 6.45) is 0.834. The molecule has 1 heterocycles. The van der Waals surface area contributed by atoms with Crippen LogP contribution in [0.15, 0.2) is 12.1 Å². The highest BCUT2D eigenvalue weighted by molar-refractivity contribution is 6.01. The molecular formula is C14H21ClN4O3. The Morgan fingerprint density at radius 1 is 1.50 bits per heavy atom. The molecule has 2 rings (SSSR count). The summed E-state index contributed by atoms with van der Waals surface area (Å²) in [4.78, 5) is 22.8. The van der Waals surface area contributed by atoms with Crippen LogP contribution >= 0.6 is 12.4 Å². The fourth-order valence-electron chi connectivity index (χ4n) is 2.59. The Bertz CT molecular complexity index is 579. The van der Waals surface area contributed by atoms with Gasteiger partial charge in [-0.2, -0.15) is 0 Å². The molecular weight excluding hydrogens is 308 g/mol. The number of nitrogen functional groups attached to an aromatic ring is 1. The molecule has 0 radical (unpaired) electrons. The number of piperidine rings is 1. The Morgan fingerprint density at radius 2 is 2.18 bits per heavy atom. The number of anilines is 1. The van der Waals surface area contributed by atoms with Gasteiger partial charge in [0.15, 0.2) is 0 Å². The smallest absolute Gasteiger partial charge is 0.293 e. The predicted octanol–water partition coefficient (Wildman–Crippen LogP) is 1.64. The van der Waals surface area contributed by atoms with Gasteiger partial charge >= 0.3 is 0 Å². The number of nitrogens with zero attached hydrogens (tertiary/aromatic N) is 1. The predicted molar refractivity (Wildman–Crippen MR) is 87.4 cm³/mol. The van der Waals surface area contributed by atoms with Gasteiger partial charge in [0, 0.05) is 12.1 Å². The lowest BCUT2D eigenvalue weighted by Crippen LogP contribution is -2.48. The van der Waals surface area contributed by atoms with Crippen LogP contribution in [-0.4, -0.2) is 30.0 Å². The van der Waals surface area contributed by atoms with E-state index in [-0.39, 0.29) is 41.3 Å². The second-order valence-corrected chi connectivity index (χ2v) is 5.55. The van der Waals surface area contributed by atoms with Gasteiger partial charge in [-0.25, -0.2) is 0 Å². The zero-order chi connectivity index (χ0) is 15.6. The summed E-state index contributed by atoms with van der Waals surface area (Å²) in [6, 6.07) is 3.01. The zero-order valence-electron chi connectivity index (χ0n) is 12.6. The number of carbonyl (C=O) groups is 1. The molecule has 1 aromatic rings. The summed E-state index contributed by atoms with van der Waals surface area (Å²) >= 11 is 0. The first-order valence-electron chi connectivity index (χ1n) is 6.96. The van der Waals surface area contributed by atoms with Crippen LogP contribution in [0.25, 0.3) is 0 Å². The van der Waals surface area contributed by atoms with Crippen LogP contribution in [0.4, 0.5) is 11.4 Å². The molecule has 2 atom stereocenters. The summed E-state index contributed by atoms with van der Waals surface area (Å²) in [5.74, 6) is -0.0400. The van der Waals surface area contributed by atoms with E-state index in [1.54, 1.807) is 13.0 Å². The first kappa shape index (κ1) is 18.2. The number of aryl methyl sites for hydroxylation is 1. The van der Waals surface area contributed by atoms with Crippen LogP contribution in [0.1, 0.15) is 29.3 Å². The zero-order valence-corrected chi connectivity index (χ0v) is 13.4. The average Bonchev–Trinajstić information content (AvgIpc) is 2.43. The molecule has 1 aliphatic heterocycles. The molecule has 0 spiro atoms. The van der Waals surface area contributed by atoms with Gasteiger partial charge in [0.05, 0.1) is 10.5 Å². The number of rotatable bonds is 3. The monoisotopic (exact) mass is 328 g/mol. The van der Waals surface area contributed by atoms with Gasteiger partial charge in [-0.05, 0) is 44.0 Å². The van der Waals surface area contributed by atoms with Crippen molar-refractivity contribution in [3.05, 3.63) is 33.4 Å². The molecule has 4 N–H and O–H groups in total. The molecule has 22 heavy (non-hydrogen) atoms. The molecule has 0 saturated carbocycles. The average molecular weight is 329 g/mol. The topological polar surface area (TPSA) is 110 Å². The molecule has 1 aromatic carbocycles. The van der Waals surface area contributed by atoms with E-state index >= 15 is 0 Å². The third kappa shape index (κ3) is 3.86. The molecule has 0 aliphatic carbocycles. The van der Waals surface area contributed by atoms with Crippen molar-refractivity contribution in [3.8, 4) is 0 Å². The molecule has 0 bridgehead atoms. The Morgan fingerprint density at radius 3 is 2.77 bits per heavy atom. The molecule has 1 aliphatic rings. The highest BCUT2D eigenvalue weighted by atomic mass is 35.5. The third-order valence-corrected chi connectivity index (χ3v) is 3.85. The van der Waals surface area contributed by atoms with Crippen molar-refractivity contribution >= 4 is 29.7 Å². The summed E-state index contributed by atoms with van der Waals surface area (Å²) in [5, 5.41) is 17.2. The van der Waals surface area contributed by atoms with E-state index < -0.39 is 4.92 Å². The molecule has 1 fully saturated rings. The molecule has 1 amide bonds. The second kappa shape index (κ2) is 7.42. The van der Waals surface area contributed by atoms with Crippen molar-refractivity contribution in [1.29, 1.82) is 0 Å². The fraction of sp³-hybridized carbons (Fsp3) is 0.500. The van der Waals surface area contributed by atoms with Crippen LogP contribution in [0, 0.1) is 23.0 Å². The van der Waals surface area contributed by atoms with Gasteiger partial charge in [-0.3, -0.25) is 14.9 Å². The van der Waals surface area contributed by atoms with Gasteiger partial charge in [-0.1, -0.05) is 6.92 Å². The van der Waals surface area contributed by atoms with Gasteiger partial charge in [-0.15, -0.1) is 12.4 Å². The number of nitro benzene ring substituents is 1. The summed E-state index contributed by atoms with van der Waals surface area (Å²) in [6.45, 7) is 5.45. The lowest BCUT2D eigenvalue weighted by molar-refractivity contribution is -0.384. The third-order valence-electron chi connectivity index (χ3n) is 3.85. The van der Waals surface area contributed by atoms with Gasteiger partial charge in [0.2, 0.25) is 0 Å². The highest BCUT2D eigenvalue weighted by Crippen LogP contribution is 2.27. The van der Waals surface area contributed by atoms with E-state index in [2.05, 4.69) is 17.6 Å². The number of hydrogen-bond donors (Lipinski definition) is 3. The lowest BCUT2D eigenvalue weighted by Gasteiger charge is -2.30. The minimum absolute atomic E-state index is 0. The van der Waals surface area contributed by atoms with Crippen molar-refractivity contribution < 1.29 is 9.72 Å². The van der Waals surface area contributed by atoms with Crippen molar-refractivity contribution in [3.63, 3.8) is 0 Å². The van der Waals surface area contributed by atoms with Gasteiger partial charge in [0.25, 0.3) is 11.6 Å². The number of halogens is 1. The largest absolute Gasteiger partial charge is 0.393 e. The van der Waals surface area contributed by atoms with Crippen LogP contribution < -0.4 is 16.4 Å². The van der Waals surface area contributed by atoms with Crippen LogP contribution in [0.2, 0.25) is 0 Å². The number of amides is 1. The molecule has 1 saturated heterocycles. The molecule has 7 nitrogen and oxygen atoms in total. The number of hydrogen-bond acceptors (Lipinski definition) is 5. The number of benzene rings is 1. The Hall–Kier alpha value is -1.86. The summed E-state index contributed by atoms with van der Waals surface area (Å²) < 4.78 is 0. The van der Waals surface area contributed by atoms with E-state index in [1.165, 1.54) is 6.07 Å². The first-order valence-corrected chi connectivity index (χ1v) is 6.96. The van der Waals surface area contributed by atoms with Gasteiger partial charge in [0.1, 0.15) is 5.69 Å². The quantitative estimate of drug-likeness (QED) is 0.444. The Kier molecular flexibility index (Phi) is 6.13. The van der Waals surface area contributed by atoms with Crippen molar-refractivity contribution in [2.75, 3.05) is 18.8 Å². The summed E-state index contributed by atoms with van der Waals surface area (Å²) in [7, 11) is 0. The SMILES string of the molecule is Cc1cc(C(=O)NC2CCNCC2C)c(N)c([N+](=O)[O-])c1.Cl. The van der Waals surface area contributed by atoms with Crippen molar-refractivity contribution in [2.45, 2.75) is 26.3 Å². The lowest BCUT2D eigenvalue weighted by atomic mass is 9.94. The minimum Gasteiger partial charge on any atom is -0.393 e. The maximum absolute atomic E-state index is 12.4. The van der Waals surface area contributed by atoms with E-state index in [1.807, 2.05) is 0 Å². The second-order valence-electron chi connectivity index (χ2n) is 5.55. The maximum atomic E-state index is 12.4. The first-order chi connectivity index (χ1) is 9.90. The van der Waals surface area contributed by atoms with Crippen LogP contribution in [0.3, 0.4) is 0 Å². The van der Waals surface area contributed by atoms with Crippen molar-refractivity contribution in [1.82, 2.24) is 10.6 Å². The van der Waals surface area contributed by atoms with E-state index in [0.29, 0.717) is 11.5 Å². The van der Waals surface area contributed by atoms with E-state index in [4.69, 9.17) is 5.73 Å². The number of nitrogens with one attached hydrogen (secondary N) is 2. The maximum Gasteiger partial charge on any atom is 0.293 e. The van der Waals surface area contributed by atoms with Gasteiger partial charge < -0.3 is 16.4 Å². The number of nitrogens with two attached hydrogens (primary N) is 1. The van der Waals surface area contributed by atoms with E-state index in [0.717, 1.165) is 19.5 Å². The molecule has 2 unspecified atom stereocenters.